The van der Waals surface area contributed by atoms with Crippen LogP contribution in [0.15, 0.2) is 42.5 Å². The van der Waals surface area contributed by atoms with E-state index in [1.807, 2.05) is 30.3 Å². The molecular weight excluding hydrogens is 312 g/mol. The first kappa shape index (κ1) is 19.4. The van der Waals surface area contributed by atoms with Crippen molar-refractivity contribution in [1.82, 2.24) is 0 Å². The molecule has 0 bridgehead atoms. The Bertz CT molecular complexity index is 593. The Morgan fingerprint density at radius 3 is 1.88 bits per heavy atom. The van der Waals surface area contributed by atoms with Crippen molar-refractivity contribution in [2.45, 2.75) is 46.0 Å². The van der Waals surface area contributed by atoms with E-state index in [9.17, 15) is 14.4 Å². The maximum absolute atomic E-state index is 11.3. The first-order valence-corrected chi connectivity index (χ1v) is 7.54. The summed E-state index contributed by atoms with van der Waals surface area (Å²) in [6, 6.07) is 9.13. The summed E-state index contributed by atoms with van der Waals surface area (Å²) in [6.07, 6.45) is 1.07. The zero-order valence-electron chi connectivity index (χ0n) is 14.2. The maximum Gasteiger partial charge on any atom is 0.303 e. The van der Waals surface area contributed by atoms with E-state index >= 15 is 0 Å². The van der Waals surface area contributed by atoms with Gasteiger partial charge in [0, 0.05) is 20.8 Å². The van der Waals surface area contributed by atoms with Gasteiger partial charge in [0.05, 0.1) is 0 Å². The molecule has 24 heavy (non-hydrogen) atoms. The predicted molar refractivity (Wildman–Crippen MR) is 86.9 cm³/mol. The molecule has 6 nitrogen and oxygen atoms in total. The highest BCUT2D eigenvalue weighted by atomic mass is 16.6. The Kier molecular flexibility index (Phi) is 7.68. The van der Waals surface area contributed by atoms with Crippen LogP contribution >= 0.6 is 0 Å². The lowest BCUT2D eigenvalue weighted by Crippen LogP contribution is -2.30. The molecule has 0 amide bonds. The first-order valence-electron chi connectivity index (χ1n) is 7.54. The average molecular weight is 334 g/mol. The van der Waals surface area contributed by atoms with Gasteiger partial charge in [-0.05, 0) is 24.6 Å². The van der Waals surface area contributed by atoms with Crippen molar-refractivity contribution in [3.05, 3.63) is 48.0 Å². The van der Waals surface area contributed by atoms with Gasteiger partial charge in [0.2, 0.25) is 0 Å². The molecule has 0 aliphatic carbocycles. The summed E-state index contributed by atoms with van der Waals surface area (Å²) in [4.78, 5) is 33.7. The minimum Gasteiger partial charge on any atom is -0.459 e. The van der Waals surface area contributed by atoms with Gasteiger partial charge in [-0.3, -0.25) is 14.4 Å². The molecule has 6 heteroatoms. The van der Waals surface area contributed by atoms with E-state index in [2.05, 4.69) is 0 Å². The van der Waals surface area contributed by atoms with Crippen molar-refractivity contribution in [2.24, 2.45) is 0 Å². The van der Waals surface area contributed by atoms with Crippen LogP contribution < -0.4 is 0 Å². The summed E-state index contributed by atoms with van der Waals surface area (Å²) in [6.45, 7) is 5.47. The summed E-state index contributed by atoms with van der Waals surface area (Å²) in [5.74, 6) is -1.43. The molecule has 1 aromatic rings. The third-order valence-electron chi connectivity index (χ3n) is 3.01. The molecule has 1 aromatic carbocycles. The average Bonchev–Trinajstić information content (AvgIpc) is 2.49. The van der Waals surface area contributed by atoms with Crippen molar-refractivity contribution in [3.8, 4) is 0 Å². The van der Waals surface area contributed by atoms with E-state index in [0.29, 0.717) is 0 Å². The smallest absolute Gasteiger partial charge is 0.303 e. The van der Waals surface area contributed by atoms with Gasteiger partial charge in [0.15, 0.2) is 6.10 Å². The normalized spacial score (nSPS) is 14.5. The number of carbonyl (C=O) groups excluding carboxylic acids is 3. The van der Waals surface area contributed by atoms with Gasteiger partial charge in [0.1, 0.15) is 12.2 Å². The quantitative estimate of drug-likeness (QED) is 0.433. The molecule has 0 aliphatic rings. The maximum atomic E-state index is 11.3. The van der Waals surface area contributed by atoms with Crippen LogP contribution in [0.25, 0.3) is 0 Å². The van der Waals surface area contributed by atoms with Crippen LogP contribution in [0.3, 0.4) is 0 Å². The number of hydrogen-bond donors (Lipinski definition) is 0. The molecule has 0 aromatic heterocycles. The van der Waals surface area contributed by atoms with E-state index in [-0.39, 0.29) is 0 Å². The molecule has 0 saturated heterocycles. The summed E-state index contributed by atoms with van der Waals surface area (Å²) < 4.78 is 15.5. The number of rotatable bonds is 7. The minimum atomic E-state index is -0.784. The lowest BCUT2D eigenvalue weighted by Gasteiger charge is -2.21. The zero-order chi connectivity index (χ0) is 18.1. The van der Waals surface area contributed by atoms with Gasteiger partial charge in [-0.15, -0.1) is 0 Å². The van der Waals surface area contributed by atoms with Crippen LogP contribution in [-0.4, -0.2) is 30.1 Å². The molecule has 0 saturated carbocycles. The molecule has 0 aliphatic heterocycles. The van der Waals surface area contributed by atoms with Crippen LogP contribution in [0.5, 0.6) is 0 Å². The molecule has 0 N–H and O–H groups in total. The molecule has 0 heterocycles. The lowest BCUT2D eigenvalue weighted by atomic mass is 10.1. The van der Waals surface area contributed by atoms with Crippen LogP contribution in [0.4, 0.5) is 0 Å². The van der Waals surface area contributed by atoms with Crippen molar-refractivity contribution >= 4 is 17.9 Å². The van der Waals surface area contributed by atoms with Crippen LogP contribution in [0.1, 0.15) is 39.4 Å². The predicted octanol–water partition coefficient (Wildman–Crippen LogP) is 2.73. The number of carbonyl (C=O) groups is 3. The fourth-order valence-electron chi connectivity index (χ4n) is 2.06. The van der Waals surface area contributed by atoms with Crippen molar-refractivity contribution in [3.63, 3.8) is 0 Å². The van der Waals surface area contributed by atoms with Crippen LogP contribution in [-0.2, 0) is 28.6 Å². The highest BCUT2D eigenvalue weighted by Crippen LogP contribution is 2.20. The second-order valence-corrected chi connectivity index (χ2v) is 5.21. The Morgan fingerprint density at radius 1 is 0.833 bits per heavy atom. The summed E-state index contributed by atoms with van der Waals surface area (Å²) in [7, 11) is 0. The van der Waals surface area contributed by atoms with Crippen molar-refractivity contribution in [2.75, 3.05) is 0 Å². The standard InChI is InChI=1S/C18H22O6/c1-12(22-13(2)19)17(23-14(3)20)10-11-18(24-15(4)21)16-8-6-5-7-9-16/h5-12,17-18H,1-4H3/b11-10+/t12-,17+,18+/m0/s1. The van der Waals surface area contributed by atoms with Crippen LogP contribution in [0, 0.1) is 0 Å². The molecule has 0 radical (unpaired) electrons. The molecule has 0 spiro atoms. The van der Waals surface area contributed by atoms with Gasteiger partial charge in [-0.2, -0.15) is 0 Å². The Balaban J connectivity index is 2.98. The first-order chi connectivity index (χ1) is 11.3. The van der Waals surface area contributed by atoms with Crippen LogP contribution in [0.2, 0.25) is 0 Å². The fourth-order valence-corrected chi connectivity index (χ4v) is 2.06. The second kappa shape index (κ2) is 9.50. The van der Waals surface area contributed by atoms with Crippen molar-refractivity contribution < 1.29 is 28.6 Å². The van der Waals surface area contributed by atoms with E-state index < -0.39 is 36.2 Å². The van der Waals surface area contributed by atoms with Crippen molar-refractivity contribution in [1.29, 1.82) is 0 Å². The van der Waals surface area contributed by atoms with Gasteiger partial charge in [-0.1, -0.05) is 30.3 Å². The Morgan fingerprint density at radius 2 is 1.38 bits per heavy atom. The third kappa shape index (κ3) is 7.09. The second-order valence-electron chi connectivity index (χ2n) is 5.21. The minimum absolute atomic E-state index is 0.439. The SMILES string of the molecule is CC(=O)O[C@@H](C)[C@@H](/C=C/[C@@H](OC(C)=O)c1ccccc1)OC(C)=O. The number of ether oxygens (including phenoxy) is 3. The topological polar surface area (TPSA) is 78.9 Å². The fraction of sp³-hybridized carbons (Fsp3) is 0.389. The molecule has 0 fully saturated rings. The Hall–Kier alpha value is -2.63. The monoisotopic (exact) mass is 334 g/mol. The van der Waals surface area contributed by atoms with Gasteiger partial charge >= 0.3 is 17.9 Å². The largest absolute Gasteiger partial charge is 0.459 e. The lowest BCUT2D eigenvalue weighted by molar-refractivity contribution is -0.160. The summed E-state index contributed by atoms with van der Waals surface area (Å²) in [5, 5.41) is 0. The van der Waals surface area contributed by atoms with E-state index in [4.69, 9.17) is 14.2 Å². The molecular formula is C18H22O6. The van der Waals surface area contributed by atoms with E-state index in [1.165, 1.54) is 20.8 Å². The molecule has 1 rings (SSSR count). The number of hydrogen-bond acceptors (Lipinski definition) is 6. The van der Waals surface area contributed by atoms with E-state index in [1.54, 1.807) is 19.1 Å². The molecule has 130 valence electrons. The third-order valence-corrected chi connectivity index (χ3v) is 3.01. The molecule has 0 unspecified atom stereocenters. The summed E-state index contributed by atoms with van der Waals surface area (Å²) in [5.41, 5.74) is 0.769. The molecule has 3 atom stereocenters. The van der Waals surface area contributed by atoms with E-state index in [0.717, 1.165) is 5.56 Å². The highest BCUT2D eigenvalue weighted by molar-refractivity contribution is 5.67. The summed E-state index contributed by atoms with van der Waals surface area (Å²) >= 11 is 0. The van der Waals surface area contributed by atoms with Gasteiger partial charge in [-0.25, -0.2) is 0 Å². The number of esters is 3. The van der Waals surface area contributed by atoms with Gasteiger partial charge < -0.3 is 14.2 Å². The number of benzene rings is 1. The van der Waals surface area contributed by atoms with Gasteiger partial charge in [0.25, 0.3) is 0 Å². The Labute approximate surface area is 141 Å². The zero-order valence-corrected chi connectivity index (χ0v) is 14.2. The highest BCUT2D eigenvalue weighted by Gasteiger charge is 2.21.